The Morgan fingerprint density at radius 1 is 0.968 bits per heavy atom. The summed E-state index contributed by atoms with van der Waals surface area (Å²) in [6.45, 7) is 0.432. The quantitative estimate of drug-likeness (QED) is 0.657. The van der Waals surface area contributed by atoms with E-state index in [4.69, 9.17) is 0 Å². The molecule has 162 valence electrons. The standard InChI is InChI=1S/C20H17F3N4O3S/c21-20(22,23)18-10-12-26(25-18)16-6-2-14(3-7-16)19(28)24-15-4-8-17(9-5-15)27-11-1-13-31(27,29)30/h2-10,12H,1,11,13H2,(H,24,28). The molecular formula is C20H17F3N4O3S. The summed E-state index contributed by atoms with van der Waals surface area (Å²) in [5.41, 5.74) is 0.703. The van der Waals surface area contributed by atoms with Crippen molar-refractivity contribution in [3.05, 3.63) is 72.1 Å². The second-order valence-corrected chi connectivity index (χ2v) is 8.95. The van der Waals surface area contributed by atoms with Crippen molar-refractivity contribution in [2.45, 2.75) is 12.6 Å². The number of alkyl halides is 3. The number of hydrogen-bond acceptors (Lipinski definition) is 4. The van der Waals surface area contributed by atoms with E-state index in [9.17, 15) is 26.4 Å². The molecule has 3 aromatic rings. The highest BCUT2D eigenvalue weighted by molar-refractivity contribution is 7.93. The first-order valence-electron chi connectivity index (χ1n) is 9.29. The summed E-state index contributed by atoms with van der Waals surface area (Å²) in [6, 6.07) is 13.3. The average molecular weight is 450 g/mol. The van der Waals surface area contributed by atoms with Crippen molar-refractivity contribution in [2.24, 2.45) is 0 Å². The maximum atomic E-state index is 12.7. The van der Waals surface area contributed by atoms with Crippen LogP contribution in [0.2, 0.25) is 0 Å². The summed E-state index contributed by atoms with van der Waals surface area (Å²) >= 11 is 0. The second-order valence-electron chi connectivity index (χ2n) is 6.93. The third-order valence-electron chi connectivity index (χ3n) is 4.79. The van der Waals surface area contributed by atoms with Gasteiger partial charge >= 0.3 is 6.18 Å². The number of carbonyl (C=O) groups is 1. The monoisotopic (exact) mass is 450 g/mol. The molecular weight excluding hydrogens is 433 g/mol. The normalized spacial score (nSPS) is 15.8. The lowest BCUT2D eigenvalue weighted by molar-refractivity contribution is -0.141. The van der Waals surface area contributed by atoms with Gasteiger partial charge in [-0.05, 0) is 61.0 Å². The van der Waals surface area contributed by atoms with E-state index in [1.165, 1.54) is 34.8 Å². The minimum absolute atomic E-state index is 0.123. The fourth-order valence-electron chi connectivity index (χ4n) is 3.23. The Labute approximate surface area is 176 Å². The van der Waals surface area contributed by atoms with E-state index in [0.717, 1.165) is 10.7 Å². The van der Waals surface area contributed by atoms with Gasteiger partial charge in [0.2, 0.25) is 10.0 Å². The first-order chi connectivity index (χ1) is 14.6. The second kappa shape index (κ2) is 7.73. The van der Waals surface area contributed by atoms with Crippen molar-refractivity contribution in [3.8, 4) is 5.69 Å². The zero-order valence-electron chi connectivity index (χ0n) is 16.0. The maximum Gasteiger partial charge on any atom is 0.435 e. The number of anilines is 2. The van der Waals surface area contributed by atoms with Crippen LogP contribution in [0.15, 0.2) is 60.8 Å². The summed E-state index contributed by atoms with van der Waals surface area (Å²) in [5, 5.41) is 6.19. The van der Waals surface area contributed by atoms with Gasteiger partial charge in [-0.1, -0.05) is 0 Å². The summed E-state index contributed by atoms with van der Waals surface area (Å²) in [5.74, 6) is -0.290. The van der Waals surface area contributed by atoms with Crippen LogP contribution in [0, 0.1) is 0 Å². The summed E-state index contributed by atoms with van der Waals surface area (Å²) < 4.78 is 64.4. The predicted molar refractivity (Wildman–Crippen MR) is 109 cm³/mol. The molecule has 0 spiro atoms. The summed E-state index contributed by atoms with van der Waals surface area (Å²) in [7, 11) is -3.28. The van der Waals surface area contributed by atoms with Gasteiger partial charge in [0, 0.05) is 24.0 Å². The number of amides is 1. The van der Waals surface area contributed by atoms with E-state index < -0.39 is 27.8 Å². The number of halogens is 3. The molecule has 1 N–H and O–H groups in total. The van der Waals surface area contributed by atoms with E-state index in [1.807, 2.05) is 0 Å². The molecule has 0 atom stereocenters. The Kier molecular flexibility index (Phi) is 5.21. The Bertz CT molecular complexity index is 1200. The Balaban J connectivity index is 1.44. The largest absolute Gasteiger partial charge is 0.435 e. The molecule has 7 nitrogen and oxygen atoms in total. The topological polar surface area (TPSA) is 84.3 Å². The third-order valence-corrected chi connectivity index (χ3v) is 6.66. The number of hydrogen-bond donors (Lipinski definition) is 1. The van der Waals surface area contributed by atoms with Crippen LogP contribution >= 0.6 is 0 Å². The summed E-state index contributed by atoms with van der Waals surface area (Å²) in [4.78, 5) is 12.5. The van der Waals surface area contributed by atoms with E-state index in [2.05, 4.69) is 10.4 Å². The fraction of sp³-hybridized carbons (Fsp3) is 0.200. The maximum absolute atomic E-state index is 12.7. The van der Waals surface area contributed by atoms with Gasteiger partial charge < -0.3 is 5.32 Å². The van der Waals surface area contributed by atoms with Gasteiger partial charge in [0.25, 0.3) is 5.91 Å². The van der Waals surface area contributed by atoms with Crippen molar-refractivity contribution in [1.82, 2.24) is 9.78 Å². The SMILES string of the molecule is O=C(Nc1ccc(N2CCCS2(=O)=O)cc1)c1ccc(-n2ccc(C(F)(F)F)n2)cc1. The highest BCUT2D eigenvalue weighted by Gasteiger charge is 2.33. The molecule has 11 heteroatoms. The molecule has 2 heterocycles. The van der Waals surface area contributed by atoms with E-state index >= 15 is 0 Å². The molecule has 1 amide bonds. The summed E-state index contributed by atoms with van der Waals surface area (Å²) in [6.07, 6.45) is -2.76. The minimum atomic E-state index is -4.53. The third kappa shape index (κ3) is 4.41. The van der Waals surface area contributed by atoms with Crippen molar-refractivity contribution in [1.29, 1.82) is 0 Å². The van der Waals surface area contributed by atoms with Crippen molar-refractivity contribution in [3.63, 3.8) is 0 Å². The molecule has 4 rings (SSSR count). The van der Waals surface area contributed by atoms with Crippen LogP contribution in [0.4, 0.5) is 24.5 Å². The number of nitrogens with one attached hydrogen (secondary N) is 1. The molecule has 1 aliphatic rings. The molecule has 1 aromatic heterocycles. The van der Waals surface area contributed by atoms with Gasteiger partial charge in [0.15, 0.2) is 5.69 Å². The Morgan fingerprint density at radius 3 is 2.16 bits per heavy atom. The van der Waals surface area contributed by atoms with Gasteiger partial charge in [-0.25, -0.2) is 13.1 Å². The van der Waals surface area contributed by atoms with Crippen LogP contribution < -0.4 is 9.62 Å². The molecule has 1 aliphatic heterocycles. The van der Waals surface area contributed by atoms with Gasteiger partial charge in [0.1, 0.15) is 0 Å². The molecule has 1 saturated heterocycles. The lowest BCUT2D eigenvalue weighted by atomic mass is 10.2. The van der Waals surface area contributed by atoms with Crippen molar-refractivity contribution >= 4 is 27.3 Å². The lowest BCUT2D eigenvalue weighted by Gasteiger charge is -2.17. The fourth-order valence-corrected chi connectivity index (χ4v) is 4.79. The van der Waals surface area contributed by atoms with Gasteiger partial charge in [-0.2, -0.15) is 18.3 Å². The van der Waals surface area contributed by atoms with Crippen LogP contribution in [-0.4, -0.2) is 36.4 Å². The molecule has 31 heavy (non-hydrogen) atoms. The number of sulfonamides is 1. The predicted octanol–water partition coefficient (Wildman–Crippen LogP) is 3.68. The minimum Gasteiger partial charge on any atom is -0.322 e. The molecule has 0 aliphatic carbocycles. The molecule has 0 bridgehead atoms. The van der Waals surface area contributed by atoms with Crippen LogP contribution in [-0.2, 0) is 16.2 Å². The number of carbonyl (C=O) groups excluding carboxylic acids is 1. The molecule has 0 radical (unpaired) electrons. The first kappa shape index (κ1) is 20.9. The first-order valence-corrected chi connectivity index (χ1v) is 10.9. The van der Waals surface area contributed by atoms with E-state index in [1.54, 1.807) is 24.3 Å². The highest BCUT2D eigenvalue weighted by Crippen LogP contribution is 2.28. The van der Waals surface area contributed by atoms with Crippen LogP contribution in [0.5, 0.6) is 0 Å². The average Bonchev–Trinajstić information content (AvgIpc) is 3.35. The molecule has 2 aromatic carbocycles. The van der Waals surface area contributed by atoms with Crippen LogP contribution in [0.25, 0.3) is 5.69 Å². The zero-order valence-corrected chi connectivity index (χ0v) is 16.8. The van der Waals surface area contributed by atoms with Crippen LogP contribution in [0.1, 0.15) is 22.5 Å². The van der Waals surface area contributed by atoms with Crippen molar-refractivity contribution in [2.75, 3.05) is 21.9 Å². The molecule has 1 fully saturated rings. The Morgan fingerprint density at radius 2 is 1.61 bits per heavy atom. The van der Waals surface area contributed by atoms with Gasteiger partial charge in [0.05, 0.1) is 17.1 Å². The number of rotatable bonds is 4. The van der Waals surface area contributed by atoms with E-state index in [0.29, 0.717) is 35.6 Å². The number of nitrogens with zero attached hydrogens (tertiary/aromatic N) is 3. The Hall–Kier alpha value is -3.34. The number of benzene rings is 2. The molecule has 0 unspecified atom stereocenters. The lowest BCUT2D eigenvalue weighted by Crippen LogP contribution is -2.24. The number of aromatic nitrogens is 2. The zero-order chi connectivity index (χ0) is 22.2. The van der Waals surface area contributed by atoms with E-state index in [-0.39, 0.29) is 5.75 Å². The highest BCUT2D eigenvalue weighted by atomic mass is 32.2. The van der Waals surface area contributed by atoms with Crippen LogP contribution in [0.3, 0.4) is 0 Å². The van der Waals surface area contributed by atoms with Gasteiger partial charge in [-0.3, -0.25) is 9.10 Å². The smallest absolute Gasteiger partial charge is 0.322 e. The molecule has 0 saturated carbocycles. The van der Waals surface area contributed by atoms with Gasteiger partial charge in [-0.15, -0.1) is 0 Å². The van der Waals surface area contributed by atoms with Crippen molar-refractivity contribution < 1.29 is 26.4 Å².